The van der Waals surface area contributed by atoms with E-state index in [9.17, 15) is 4.79 Å². The number of rotatable bonds is 4. The number of halogens is 1. The zero-order chi connectivity index (χ0) is 16.3. The molecule has 1 heterocycles. The first-order chi connectivity index (χ1) is 10.4. The Kier molecular flexibility index (Phi) is 4.82. The van der Waals surface area contributed by atoms with E-state index in [1.165, 1.54) is 6.20 Å². The van der Waals surface area contributed by atoms with Crippen molar-refractivity contribution in [2.45, 2.75) is 19.9 Å². The molecular weight excluding hydrogens is 302 g/mol. The number of hydrogen-bond donors (Lipinski definition) is 3. The molecule has 0 aliphatic rings. The lowest BCUT2D eigenvalue weighted by molar-refractivity contribution is 0.0939. The van der Waals surface area contributed by atoms with Gasteiger partial charge in [0.15, 0.2) is 11.5 Å². The van der Waals surface area contributed by atoms with Crippen molar-refractivity contribution in [2.75, 3.05) is 18.1 Å². The van der Waals surface area contributed by atoms with Crippen LogP contribution < -0.4 is 16.4 Å². The third-order valence-corrected chi connectivity index (χ3v) is 3.28. The molecule has 0 spiro atoms. The topological polar surface area (TPSA) is 92.9 Å². The predicted octanol–water partition coefficient (Wildman–Crippen LogP) is 2.56. The van der Waals surface area contributed by atoms with Crippen LogP contribution in [0.2, 0.25) is 5.02 Å². The van der Waals surface area contributed by atoms with Gasteiger partial charge in [-0.05, 0) is 32.0 Å². The van der Waals surface area contributed by atoms with E-state index in [4.69, 9.17) is 17.3 Å². The van der Waals surface area contributed by atoms with Gasteiger partial charge in [-0.3, -0.25) is 4.79 Å². The van der Waals surface area contributed by atoms with Crippen LogP contribution in [0.4, 0.5) is 11.5 Å². The van der Waals surface area contributed by atoms with E-state index in [0.29, 0.717) is 16.3 Å². The van der Waals surface area contributed by atoms with Crippen LogP contribution in [-0.4, -0.2) is 29.0 Å². The van der Waals surface area contributed by atoms with Crippen LogP contribution in [0, 0.1) is 0 Å². The minimum absolute atomic E-state index is 0.0177. The molecule has 0 atom stereocenters. The normalized spacial score (nSPS) is 10.6. The second kappa shape index (κ2) is 6.62. The highest BCUT2D eigenvalue weighted by Gasteiger charge is 2.16. The summed E-state index contributed by atoms with van der Waals surface area (Å²) in [7, 11) is 1.81. The average molecular weight is 320 g/mol. The number of nitrogen functional groups attached to an aromatic ring is 1. The van der Waals surface area contributed by atoms with Gasteiger partial charge >= 0.3 is 0 Å². The Morgan fingerprint density at radius 1 is 1.36 bits per heavy atom. The number of aromatic nitrogens is 2. The van der Waals surface area contributed by atoms with Gasteiger partial charge < -0.3 is 16.4 Å². The number of benzene rings is 1. The molecule has 6 nitrogen and oxygen atoms in total. The number of anilines is 2. The smallest absolute Gasteiger partial charge is 0.273 e. The quantitative estimate of drug-likeness (QED) is 0.805. The molecule has 0 unspecified atom stereocenters. The molecule has 0 bridgehead atoms. The summed E-state index contributed by atoms with van der Waals surface area (Å²) in [5.41, 5.74) is 7.91. The summed E-state index contributed by atoms with van der Waals surface area (Å²) in [4.78, 5) is 20.5. The van der Waals surface area contributed by atoms with E-state index < -0.39 is 0 Å². The highest BCUT2D eigenvalue weighted by Crippen LogP contribution is 2.29. The van der Waals surface area contributed by atoms with Gasteiger partial charge in [-0.25, -0.2) is 9.97 Å². The molecule has 1 aromatic heterocycles. The second-order valence-corrected chi connectivity index (χ2v) is 5.47. The van der Waals surface area contributed by atoms with Crippen LogP contribution in [0.25, 0.3) is 11.3 Å². The van der Waals surface area contributed by atoms with Gasteiger partial charge in [0.05, 0.1) is 16.9 Å². The van der Waals surface area contributed by atoms with Crippen LogP contribution in [0.15, 0.2) is 24.4 Å². The Morgan fingerprint density at radius 3 is 2.68 bits per heavy atom. The molecule has 0 aliphatic carbocycles. The van der Waals surface area contributed by atoms with Crippen LogP contribution in [0.1, 0.15) is 24.3 Å². The summed E-state index contributed by atoms with van der Waals surface area (Å²) in [6.07, 6.45) is 1.50. The van der Waals surface area contributed by atoms with E-state index in [0.717, 1.165) is 5.69 Å². The van der Waals surface area contributed by atoms with E-state index >= 15 is 0 Å². The number of nitrogens with zero attached hydrogens (tertiary/aromatic N) is 2. The van der Waals surface area contributed by atoms with Crippen LogP contribution in [0.3, 0.4) is 0 Å². The number of nitrogens with one attached hydrogen (secondary N) is 2. The fourth-order valence-corrected chi connectivity index (χ4v) is 2.18. The van der Waals surface area contributed by atoms with Gasteiger partial charge in [-0.2, -0.15) is 0 Å². The maximum atomic E-state index is 12.1. The van der Waals surface area contributed by atoms with E-state index in [1.54, 1.807) is 6.07 Å². The molecule has 1 aromatic carbocycles. The molecule has 0 radical (unpaired) electrons. The number of carbonyl (C=O) groups excluding carboxylic acids is 1. The van der Waals surface area contributed by atoms with Gasteiger partial charge in [0.2, 0.25) is 0 Å². The van der Waals surface area contributed by atoms with Crippen molar-refractivity contribution in [3.8, 4) is 11.3 Å². The van der Waals surface area contributed by atoms with E-state index in [2.05, 4.69) is 20.6 Å². The summed E-state index contributed by atoms with van der Waals surface area (Å²) >= 11 is 6.26. The predicted molar refractivity (Wildman–Crippen MR) is 89.0 cm³/mol. The molecule has 2 rings (SSSR count). The highest BCUT2D eigenvalue weighted by molar-refractivity contribution is 6.33. The van der Waals surface area contributed by atoms with Gasteiger partial charge in [-0.15, -0.1) is 0 Å². The molecule has 0 saturated heterocycles. The lowest BCUT2D eigenvalue weighted by Gasteiger charge is -2.11. The number of hydrogen-bond acceptors (Lipinski definition) is 5. The van der Waals surface area contributed by atoms with Crippen LogP contribution in [0.5, 0.6) is 0 Å². The standard InChI is InChI=1S/C15H18ClN5O/c1-8(2)20-15(22)13-14(17)19-7-12(21-13)10-5-4-9(18-3)6-11(10)16/h4-8,18H,1-3H3,(H2,17,19)(H,20,22). The van der Waals surface area contributed by atoms with E-state index in [1.807, 2.05) is 33.0 Å². The van der Waals surface area contributed by atoms with Crippen molar-refractivity contribution in [2.24, 2.45) is 0 Å². The molecule has 1 amide bonds. The Morgan fingerprint density at radius 2 is 2.09 bits per heavy atom. The SMILES string of the molecule is CNc1ccc(-c2cnc(N)c(C(=O)NC(C)C)n2)c(Cl)c1. The van der Waals surface area contributed by atoms with Gasteiger partial charge in [-0.1, -0.05) is 11.6 Å². The van der Waals surface area contributed by atoms with Gasteiger partial charge in [0, 0.05) is 24.3 Å². The fraction of sp³-hybridized carbons (Fsp3) is 0.267. The monoisotopic (exact) mass is 319 g/mol. The number of nitrogens with two attached hydrogens (primary N) is 1. The summed E-state index contributed by atoms with van der Waals surface area (Å²) in [6.45, 7) is 3.72. The molecule has 116 valence electrons. The summed E-state index contributed by atoms with van der Waals surface area (Å²) < 4.78 is 0. The van der Waals surface area contributed by atoms with Crippen molar-refractivity contribution in [1.29, 1.82) is 0 Å². The number of carbonyl (C=O) groups is 1. The molecule has 22 heavy (non-hydrogen) atoms. The van der Waals surface area contributed by atoms with Crippen LogP contribution >= 0.6 is 11.6 Å². The lowest BCUT2D eigenvalue weighted by atomic mass is 10.1. The zero-order valence-corrected chi connectivity index (χ0v) is 13.4. The highest BCUT2D eigenvalue weighted by atomic mass is 35.5. The summed E-state index contributed by atoms with van der Waals surface area (Å²) in [6, 6.07) is 5.45. The lowest BCUT2D eigenvalue weighted by Crippen LogP contribution is -2.31. The van der Waals surface area contributed by atoms with Gasteiger partial charge in [0.25, 0.3) is 5.91 Å². The van der Waals surface area contributed by atoms with Crippen molar-refractivity contribution < 1.29 is 4.79 Å². The molecular formula is C15H18ClN5O. The summed E-state index contributed by atoms with van der Waals surface area (Å²) in [5.74, 6) is -0.269. The minimum atomic E-state index is -0.357. The van der Waals surface area contributed by atoms with Gasteiger partial charge in [0.1, 0.15) is 0 Å². The first-order valence-corrected chi connectivity index (χ1v) is 7.21. The minimum Gasteiger partial charge on any atom is -0.388 e. The fourth-order valence-electron chi connectivity index (χ4n) is 1.90. The van der Waals surface area contributed by atoms with Crippen molar-refractivity contribution in [3.05, 3.63) is 35.1 Å². The zero-order valence-electron chi connectivity index (χ0n) is 12.6. The molecule has 0 aliphatic heterocycles. The Hall–Kier alpha value is -2.34. The second-order valence-electron chi connectivity index (χ2n) is 5.06. The Labute approximate surface area is 134 Å². The van der Waals surface area contributed by atoms with Crippen LogP contribution in [-0.2, 0) is 0 Å². The first kappa shape index (κ1) is 16.0. The number of amides is 1. The Balaban J connectivity index is 2.43. The largest absolute Gasteiger partial charge is 0.388 e. The average Bonchev–Trinajstić information content (AvgIpc) is 2.47. The van der Waals surface area contributed by atoms with E-state index in [-0.39, 0.29) is 23.5 Å². The van der Waals surface area contributed by atoms with Crippen molar-refractivity contribution in [3.63, 3.8) is 0 Å². The molecule has 4 N–H and O–H groups in total. The molecule has 7 heteroatoms. The molecule has 0 saturated carbocycles. The van der Waals surface area contributed by atoms with Crippen molar-refractivity contribution >= 4 is 29.0 Å². The third kappa shape index (κ3) is 3.46. The maximum Gasteiger partial charge on any atom is 0.273 e. The Bertz CT molecular complexity index is 702. The summed E-state index contributed by atoms with van der Waals surface area (Å²) in [5, 5.41) is 6.26. The first-order valence-electron chi connectivity index (χ1n) is 6.83. The third-order valence-electron chi connectivity index (χ3n) is 2.97. The maximum absolute atomic E-state index is 12.1. The molecule has 0 fully saturated rings. The van der Waals surface area contributed by atoms with Crippen molar-refractivity contribution in [1.82, 2.24) is 15.3 Å². The molecule has 2 aromatic rings.